The van der Waals surface area contributed by atoms with E-state index in [4.69, 9.17) is 4.99 Å². The van der Waals surface area contributed by atoms with E-state index in [1.807, 2.05) is 0 Å². The topological polar surface area (TPSA) is 42.9 Å². The van der Waals surface area contributed by atoms with E-state index in [2.05, 4.69) is 71.5 Å². The molecule has 5 nitrogen and oxygen atoms in total. The van der Waals surface area contributed by atoms with Crippen LogP contribution in [0.3, 0.4) is 0 Å². The molecular weight excluding hydrogens is 473 g/mol. The first-order chi connectivity index (χ1) is 13.7. The number of hydrogen-bond acceptors (Lipinski definition) is 3. The van der Waals surface area contributed by atoms with Crippen LogP contribution in [0.15, 0.2) is 35.3 Å². The Hall–Kier alpha value is -0.860. The molecule has 1 aliphatic heterocycles. The van der Waals surface area contributed by atoms with Crippen molar-refractivity contribution in [1.82, 2.24) is 20.4 Å². The summed E-state index contributed by atoms with van der Waals surface area (Å²) < 4.78 is 0. The molecule has 3 rings (SSSR count). The minimum Gasteiger partial charge on any atom is -0.357 e. The van der Waals surface area contributed by atoms with Crippen molar-refractivity contribution in [1.29, 1.82) is 0 Å². The molecule has 2 aliphatic rings. The van der Waals surface area contributed by atoms with Gasteiger partial charge in [-0.1, -0.05) is 44.2 Å². The van der Waals surface area contributed by atoms with E-state index in [1.165, 1.54) is 37.9 Å². The largest absolute Gasteiger partial charge is 0.357 e. The predicted octanol–water partition coefficient (Wildman–Crippen LogP) is 3.73. The Morgan fingerprint density at radius 1 is 1.10 bits per heavy atom. The first kappa shape index (κ1) is 24.4. The standard InChI is InChI=1S/C23H39N5.HI/c1-4-24-23(25-16-19-14-15-28(18-19)21-12-13-21)26-17-22(27(5-2)6-3)20-10-8-7-9-11-20;/h7-11,19,21-22H,4-6,12-18H2,1-3H3,(H2,24,25,26);1H. The molecule has 0 radical (unpaired) electrons. The maximum Gasteiger partial charge on any atom is 0.191 e. The molecule has 1 aromatic carbocycles. The molecule has 0 bridgehead atoms. The lowest BCUT2D eigenvalue weighted by Gasteiger charge is -2.29. The van der Waals surface area contributed by atoms with E-state index in [0.717, 1.165) is 50.6 Å². The van der Waals surface area contributed by atoms with E-state index in [1.54, 1.807) is 0 Å². The summed E-state index contributed by atoms with van der Waals surface area (Å²) in [5.41, 5.74) is 1.35. The van der Waals surface area contributed by atoms with Gasteiger partial charge in [0.1, 0.15) is 0 Å². The third-order valence-electron chi connectivity index (χ3n) is 6.14. The highest BCUT2D eigenvalue weighted by atomic mass is 127. The third kappa shape index (κ3) is 7.40. The zero-order valence-electron chi connectivity index (χ0n) is 18.4. The average Bonchev–Trinajstić information content (AvgIpc) is 3.48. The molecule has 2 fully saturated rings. The Labute approximate surface area is 194 Å². The van der Waals surface area contributed by atoms with E-state index < -0.39 is 0 Å². The Balaban J connectivity index is 0.00000300. The molecule has 2 atom stereocenters. The fourth-order valence-corrected chi connectivity index (χ4v) is 4.33. The SMILES string of the molecule is CCNC(=NCC(c1ccccc1)N(CC)CC)NCC1CCN(C2CC2)C1.I. The summed E-state index contributed by atoms with van der Waals surface area (Å²) in [5, 5.41) is 7.06. The van der Waals surface area contributed by atoms with Crippen LogP contribution < -0.4 is 10.6 Å². The smallest absolute Gasteiger partial charge is 0.191 e. The molecule has 1 heterocycles. The number of nitrogens with zero attached hydrogens (tertiary/aromatic N) is 3. The molecule has 1 aliphatic carbocycles. The van der Waals surface area contributed by atoms with Gasteiger partial charge in [-0.3, -0.25) is 9.89 Å². The van der Waals surface area contributed by atoms with Crippen LogP contribution in [0.1, 0.15) is 51.6 Å². The maximum absolute atomic E-state index is 4.97. The van der Waals surface area contributed by atoms with E-state index in [9.17, 15) is 0 Å². The minimum atomic E-state index is 0. The molecular formula is C23H40IN5. The van der Waals surface area contributed by atoms with Gasteiger partial charge in [-0.15, -0.1) is 24.0 Å². The molecule has 2 unspecified atom stereocenters. The van der Waals surface area contributed by atoms with Gasteiger partial charge >= 0.3 is 0 Å². The van der Waals surface area contributed by atoms with Crippen LogP contribution in [0.4, 0.5) is 0 Å². The molecule has 2 N–H and O–H groups in total. The van der Waals surface area contributed by atoms with Crippen molar-refractivity contribution < 1.29 is 0 Å². The second kappa shape index (κ2) is 12.7. The quantitative estimate of drug-likeness (QED) is 0.284. The van der Waals surface area contributed by atoms with Crippen LogP contribution in [0.2, 0.25) is 0 Å². The fraction of sp³-hybridized carbons (Fsp3) is 0.696. The Kier molecular flexibility index (Phi) is 10.7. The maximum atomic E-state index is 4.97. The number of hydrogen-bond donors (Lipinski definition) is 2. The second-order valence-corrected chi connectivity index (χ2v) is 8.13. The molecule has 0 spiro atoms. The number of benzene rings is 1. The van der Waals surface area contributed by atoms with Gasteiger partial charge in [0.15, 0.2) is 5.96 Å². The van der Waals surface area contributed by atoms with Gasteiger partial charge in [0.2, 0.25) is 0 Å². The molecule has 29 heavy (non-hydrogen) atoms. The molecule has 6 heteroatoms. The number of nitrogens with one attached hydrogen (secondary N) is 2. The van der Waals surface area contributed by atoms with Crippen LogP contribution in [-0.4, -0.2) is 67.6 Å². The number of rotatable bonds is 10. The van der Waals surface area contributed by atoms with Crippen molar-refractivity contribution in [2.75, 3.05) is 45.8 Å². The van der Waals surface area contributed by atoms with Crippen molar-refractivity contribution in [3.05, 3.63) is 35.9 Å². The summed E-state index contributed by atoms with van der Waals surface area (Å²) >= 11 is 0. The normalized spacial score (nSPS) is 21.1. The van der Waals surface area contributed by atoms with Crippen molar-refractivity contribution in [3.8, 4) is 0 Å². The number of halogens is 1. The van der Waals surface area contributed by atoms with Gasteiger partial charge in [-0.2, -0.15) is 0 Å². The predicted molar refractivity (Wildman–Crippen MR) is 134 cm³/mol. The highest BCUT2D eigenvalue weighted by Crippen LogP contribution is 2.31. The lowest BCUT2D eigenvalue weighted by atomic mass is 10.1. The summed E-state index contributed by atoms with van der Waals surface area (Å²) in [6.45, 7) is 13.9. The zero-order valence-corrected chi connectivity index (χ0v) is 20.8. The van der Waals surface area contributed by atoms with Crippen LogP contribution >= 0.6 is 24.0 Å². The van der Waals surface area contributed by atoms with Crippen LogP contribution in [-0.2, 0) is 0 Å². The highest BCUT2D eigenvalue weighted by molar-refractivity contribution is 14.0. The van der Waals surface area contributed by atoms with Crippen LogP contribution in [0, 0.1) is 5.92 Å². The van der Waals surface area contributed by atoms with Crippen molar-refractivity contribution in [2.24, 2.45) is 10.9 Å². The van der Waals surface area contributed by atoms with E-state index in [0.29, 0.717) is 6.04 Å². The monoisotopic (exact) mass is 513 g/mol. The molecule has 1 saturated heterocycles. The molecule has 1 saturated carbocycles. The third-order valence-corrected chi connectivity index (χ3v) is 6.14. The van der Waals surface area contributed by atoms with Gasteiger partial charge < -0.3 is 15.5 Å². The molecule has 0 aromatic heterocycles. The highest BCUT2D eigenvalue weighted by Gasteiger charge is 2.34. The summed E-state index contributed by atoms with van der Waals surface area (Å²) in [5.74, 6) is 1.71. The Morgan fingerprint density at radius 3 is 2.45 bits per heavy atom. The molecule has 0 amide bonds. The van der Waals surface area contributed by atoms with Crippen molar-refractivity contribution in [3.63, 3.8) is 0 Å². The van der Waals surface area contributed by atoms with Crippen LogP contribution in [0.5, 0.6) is 0 Å². The zero-order chi connectivity index (χ0) is 19.8. The Bertz CT molecular complexity index is 601. The Morgan fingerprint density at radius 2 is 1.83 bits per heavy atom. The van der Waals surface area contributed by atoms with Gasteiger partial charge in [0, 0.05) is 25.7 Å². The van der Waals surface area contributed by atoms with Gasteiger partial charge in [0.05, 0.1) is 12.6 Å². The van der Waals surface area contributed by atoms with Gasteiger partial charge in [-0.05, 0) is 57.3 Å². The minimum absolute atomic E-state index is 0. The van der Waals surface area contributed by atoms with E-state index >= 15 is 0 Å². The first-order valence-electron chi connectivity index (χ1n) is 11.3. The van der Waals surface area contributed by atoms with Gasteiger partial charge in [-0.25, -0.2) is 0 Å². The lowest BCUT2D eigenvalue weighted by Crippen LogP contribution is -2.41. The number of likely N-dealkylation sites (tertiary alicyclic amines) is 1. The number of likely N-dealkylation sites (N-methyl/N-ethyl adjacent to an activating group) is 1. The summed E-state index contributed by atoms with van der Waals surface area (Å²) in [6.07, 6.45) is 4.14. The van der Waals surface area contributed by atoms with Crippen molar-refractivity contribution in [2.45, 2.75) is 52.1 Å². The lowest BCUT2D eigenvalue weighted by molar-refractivity contribution is 0.224. The molecule has 1 aromatic rings. The number of aliphatic imine (C=N–C) groups is 1. The number of guanidine groups is 1. The second-order valence-electron chi connectivity index (χ2n) is 8.13. The fourth-order valence-electron chi connectivity index (χ4n) is 4.33. The van der Waals surface area contributed by atoms with Gasteiger partial charge in [0.25, 0.3) is 0 Å². The first-order valence-corrected chi connectivity index (χ1v) is 11.3. The average molecular weight is 514 g/mol. The van der Waals surface area contributed by atoms with E-state index in [-0.39, 0.29) is 24.0 Å². The molecule has 164 valence electrons. The van der Waals surface area contributed by atoms with Crippen LogP contribution in [0.25, 0.3) is 0 Å². The summed E-state index contributed by atoms with van der Waals surface area (Å²) in [4.78, 5) is 10.1. The summed E-state index contributed by atoms with van der Waals surface area (Å²) in [7, 11) is 0. The summed E-state index contributed by atoms with van der Waals surface area (Å²) in [6, 6.07) is 12.0. The van der Waals surface area contributed by atoms with Crippen molar-refractivity contribution >= 4 is 29.9 Å².